The van der Waals surface area contributed by atoms with E-state index in [1.165, 1.54) is 31.2 Å². The van der Waals surface area contributed by atoms with Crippen LogP contribution in [-0.4, -0.2) is 7.11 Å². The molecule has 1 saturated carbocycles. The summed E-state index contributed by atoms with van der Waals surface area (Å²) in [7, 11) is 1.68. The lowest BCUT2D eigenvalue weighted by Gasteiger charge is -2.31. The molecule has 0 aromatic heterocycles. The molecule has 0 radical (unpaired) electrons. The second kappa shape index (κ2) is 6.07. The normalized spacial score (nSPS) is 25.8. The first-order valence-electron chi connectivity index (χ1n) is 6.71. The fraction of sp³-hybridized carbons (Fsp3) is 0.600. The molecular formula is C15H22BrNO. The van der Waals surface area contributed by atoms with Gasteiger partial charge in [0, 0.05) is 6.04 Å². The number of nitrogens with two attached hydrogens (primary N) is 1. The van der Waals surface area contributed by atoms with Crippen molar-refractivity contribution in [2.24, 2.45) is 17.6 Å². The van der Waals surface area contributed by atoms with Crippen LogP contribution in [0.3, 0.4) is 0 Å². The first kappa shape index (κ1) is 13.9. The molecule has 18 heavy (non-hydrogen) atoms. The molecule has 3 atom stereocenters. The second-order valence-electron chi connectivity index (χ2n) is 5.45. The molecule has 0 heterocycles. The third-order valence-electron chi connectivity index (χ3n) is 4.05. The number of halogens is 1. The fourth-order valence-corrected chi connectivity index (χ4v) is 3.53. The molecule has 0 aliphatic heterocycles. The van der Waals surface area contributed by atoms with Crippen molar-refractivity contribution < 1.29 is 4.74 Å². The Hall–Kier alpha value is -0.540. The Kier molecular flexibility index (Phi) is 4.68. The summed E-state index contributed by atoms with van der Waals surface area (Å²) in [5, 5.41) is 0. The smallest absolute Gasteiger partial charge is 0.133 e. The summed E-state index contributed by atoms with van der Waals surface area (Å²) in [5.41, 5.74) is 7.64. The van der Waals surface area contributed by atoms with Crippen molar-refractivity contribution >= 4 is 15.9 Å². The van der Waals surface area contributed by atoms with Gasteiger partial charge in [0.15, 0.2) is 0 Å². The first-order chi connectivity index (χ1) is 8.61. The van der Waals surface area contributed by atoms with Crippen molar-refractivity contribution in [1.82, 2.24) is 0 Å². The Morgan fingerprint density at radius 1 is 1.39 bits per heavy atom. The summed E-state index contributed by atoms with van der Waals surface area (Å²) in [4.78, 5) is 0. The lowest BCUT2D eigenvalue weighted by Crippen LogP contribution is -2.26. The lowest BCUT2D eigenvalue weighted by molar-refractivity contribution is 0.248. The van der Waals surface area contributed by atoms with Gasteiger partial charge in [-0.1, -0.05) is 25.8 Å². The van der Waals surface area contributed by atoms with Gasteiger partial charge in [-0.25, -0.2) is 0 Å². The molecule has 0 saturated heterocycles. The number of hydrogen-bond acceptors (Lipinski definition) is 2. The minimum absolute atomic E-state index is 0.148. The van der Waals surface area contributed by atoms with Crippen molar-refractivity contribution in [2.45, 2.75) is 38.6 Å². The van der Waals surface area contributed by atoms with Crippen LogP contribution < -0.4 is 10.5 Å². The van der Waals surface area contributed by atoms with Crippen LogP contribution in [0.2, 0.25) is 0 Å². The average molecular weight is 312 g/mol. The molecule has 1 aliphatic carbocycles. The monoisotopic (exact) mass is 311 g/mol. The van der Waals surface area contributed by atoms with E-state index in [2.05, 4.69) is 35.0 Å². The van der Waals surface area contributed by atoms with Crippen LogP contribution in [0, 0.1) is 11.8 Å². The topological polar surface area (TPSA) is 35.2 Å². The molecule has 1 aliphatic rings. The Labute approximate surface area is 118 Å². The third-order valence-corrected chi connectivity index (χ3v) is 4.67. The maximum Gasteiger partial charge on any atom is 0.133 e. The highest BCUT2D eigenvalue weighted by Gasteiger charge is 2.25. The van der Waals surface area contributed by atoms with Gasteiger partial charge in [0.05, 0.1) is 11.6 Å². The van der Waals surface area contributed by atoms with Gasteiger partial charge >= 0.3 is 0 Å². The van der Waals surface area contributed by atoms with E-state index in [1.807, 2.05) is 6.07 Å². The van der Waals surface area contributed by atoms with Crippen molar-refractivity contribution in [2.75, 3.05) is 7.11 Å². The van der Waals surface area contributed by atoms with Gasteiger partial charge in [0.2, 0.25) is 0 Å². The van der Waals surface area contributed by atoms with E-state index in [1.54, 1.807) is 7.11 Å². The lowest BCUT2D eigenvalue weighted by atomic mass is 9.77. The van der Waals surface area contributed by atoms with Crippen LogP contribution in [-0.2, 0) is 0 Å². The molecule has 3 heteroatoms. The summed E-state index contributed by atoms with van der Waals surface area (Å²) in [6.07, 6.45) is 5.19. The summed E-state index contributed by atoms with van der Waals surface area (Å²) in [6.45, 7) is 2.34. The molecule has 2 N–H and O–H groups in total. The van der Waals surface area contributed by atoms with E-state index in [4.69, 9.17) is 10.5 Å². The minimum Gasteiger partial charge on any atom is -0.496 e. The van der Waals surface area contributed by atoms with Gasteiger partial charge in [0.25, 0.3) is 0 Å². The molecule has 2 nitrogen and oxygen atoms in total. The Morgan fingerprint density at radius 3 is 2.78 bits per heavy atom. The van der Waals surface area contributed by atoms with Gasteiger partial charge in [-0.05, 0) is 58.3 Å². The highest BCUT2D eigenvalue weighted by Crippen LogP contribution is 2.37. The summed E-state index contributed by atoms with van der Waals surface area (Å²) in [5.74, 6) is 2.30. The number of benzene rings is 1. The molecule has 3 unspecified atom stereocenters. The van der Waals surface area contributed by atoms with Gasteiger partial charge in [-0.15, -0.1) is 0 Å². The minimum atomic E-state index is 0.148. The van der Waals surface area contributed by atoms with Crippen LogP contribution in [0.15, 0.2) is 22.7 Å². The summed E-state index contributed by atoms with van der Waals surface area (Å²) in [6, 6.07) is 6.33. The van der Waals surface area contributed by atoms with E-state index in [0.717, 1.165) is 16.1 Å². The van der Waals surface area contributed by atoms with E-state index in [0.29, 0.717) is 5.92 Å². The highest BCUT2D eigenvalue weighted by molar-refractivity contribution is 9.10. The van der Waals surface area contributed by atoms with Gasteiger partial charge in [0.1, 0.15) is 5.75 Å². The van der Waals surface area contributed by atoms with Crippen LogP contribution in [0.25, 0.3) is 0 Å². The van der Waals surface area contributed by atoms with Gasteiger partial charge in [-0.3, -0.25) is 0 Å². The molecular weight excluding hydrogens is 290 g/mol. The number of methoxy groups -OCH3 is 1. The molecule has 1 aromatic carbocycles. The van der Waals surface area contributed by atoms with Gasteiger partial charge < -0.3 is 10.5 Å². The Morgan fingerprint density at radius 2 is 2.17 bits per heavy atom. The van der Waals surface area contributed by atoms with Gasteiger partial charge in [-0.2, -0.15) is 0 Å². The number of hydrogen-bond donors (Lipinski definition) is 1. The maximum atomic E-state index is 6.43. The van der Waals surface area contributed by atoms with Crippen molar-refractivity contribution in [1.29, 1.82) is 0 Å². The predicted octanol–water partition coefficient (Wildman–Crippen LogP) is 4.28. The van der Waals surface area contributed by atoms with E-state index in [9.17, 15) is 0 Å². The van der Waals surface area contributed by atoms with Crippen LogP contribution in [0.1, 0.15) is 44.2 Å². The van der Waals surface area contributed by atoms with Crippen LogP contribution >= 0.6 is 15.9 Å². The maximum absolute atomic E-state index is 6.43. The zero-order valence-electron chi connectivity index (χ0n) is 11.2. The van der Waals surface area contributed by atoms with Crippen LogP contribution in [0.4, 0.5) is 0 Å². The number of rotatable bonds is 3. The second-order valence-corrected chi connectivity index (χ2v) is 6.31. The largest absolute Gasteiger partial charge is 0.496 e. The molecule has 0 spiro atoms. The third kappa shape index (κ3) is 3.07. The molecule has 0 amide bonds. The van der Waals surface area contributed by atoms with E-state index < -0.39 is 0 Å². The summed E-state index contributed by atoms with van der Waals surface area (Å²) < 4.78 is 6.24. The quantitative estimate of drug-likeness (QED) is 0.904. The molecule has 2 rings (SSSR count). The SMILES string of the molecule is COc1ccc(C(N)C2CCCC(C)C2)cc1Br. The molecule has 0 bridgehead atoms. The zero-order chi connectivity index (χ0) is 13.1. The fourth-order valence-electron chi connectivity index (χ4n) is 2.97. The molecule has 1 aromatic rings. The standard InChI is InChI=1S/C15H22BrNO/c1-10-4-3-5-11(8-10)15(17)12-6-7-14(18-2)13(16)9-12/h6-7,9-11,15H,3-5,8,17H2,1-2H3. The molecule has 1 fully saturated rings. The Bertz CT molecular complexity index is 407. The molecule has 100 valence electrons. The van der Waals surface area contributed by atoms with Crippen molar-refractivity contribution in [3.8, 4) is 5.75 Å². The summed E-state index contributed by atoms with van der Waals surface area (Å²) >= 11 is 3.53. The zero-order valence-corrected chi connectivity index (χ0v) is 12.7. The van der Waals surface area contributed by atoms with E-state index >= 15 is 0 Å². The predicted molar refractivity (Wildman–Crippen MR) is 78.7 cm³/mol. The number of ether oxygens (including phenoxy) is 1. The van der Waals surface area contributed by atoms with Crippen LogP contribution in [0.5, 0.6) is 5.75 Å². The average Bonchev–Trinajstić information content (AvgIpc) is 2.37. The van der Waals surface area contributed by atoms with E-state index in [-0.39, 0.29) is 6.04 Å². The first-order valence-corrected chi connectivity index (χ1v) is 7.50. The Balaban J connectivity index is 2.12. The highest BCUT2D eigenvalue weighted by atomic mass is 79.9. The van der Waals surface area contributed by atoms with Crippen molar-refractivity contribution in [3.05, 3.63) is 28.2 Å². The van der Waals surface area contributed by atoms with Crippen molar-refractivity contribution in [3.63, 3.8) is 0 Å².